The van der Waals surface area contributed by atoms with Gasteiger partial charge in [-0.2, -0.15) is 0 Å². The number of anilines is 4. The van der Waals surface area contributed by atoms with Gasteiger partial charge in [-0.05, 0) is 134 Å². The Hall–Kier alpha value is -8.67. The third kappa shape index (κ3) is 7.78. The molecule has 0 saturated carbocycles. The van der Waals surface area contributed by atoms with E-state index in [2.05, 4.69) is 266 Å². The third-order valence-electron chi connectivity index (χ3n) is 13.4. The average molecular weight is 891 g/mol. The van der Waals surface area contributed by atoms with Crippen LogP contribution >= 0.6 is 0 Å². The molecule has 332 valence electrons. The highest BCUT2D eigenvalue weighted by Crippen LogP contribution is 2.49. The first-order valence-corrected chi connectivity index (χ1v) is 23.7. The van der Waals surface area contributed by atoms with E-state index < -0.39 is 0 Å². The highest BCUT2D eigenvalue weighted by molar-refractivity contribution is 6.09. The number of para-hydroxylation sites is 4. The van der Waals surface area contributed by atoms with Crippen molar-refractivity contribution in [3.8, 4) is 61.8 Å². The number of hydrogen-bond acceptors (Lipinski definition) is 4. The number of fused-ring (bicyclic) bond motifs is 4. The van der Waals surface area contributed by atoms with Crippen molar-refractivity contribution >= 4 is 44.6 Å². The Balaban J connectivity index is 1.08. The molecule has 1 aliphatic rings. The fraction of sp³-hybridized carbons (Fsp3) is 0.0781. The van der Waals surface area contributed by atoms with Crippen LogP contribution in [0.25, 0.3) is 72.1 Å². The lowest BCUT2D eigenvalue weighted by atomic mass is 9.84. The van der Waals surface area contributed by atoms with Crippen LogP contribution in [0.4, 0.5) is 22.7 Å². The molecule has 0 radical (unpaired) electrons. The Labute approximate surface area is 403 Å². The van der Waals surface area contributed by atoms with Gasteiger partial charge in [0.25, 0.3) is 0 Å². The maximum absolute atomic E-state index is 7.22. The summed E-state index contributed by atoms with van der Waals surface area (Å²) in [7, 11) is 0. The molecule has 3 heterocycles. The second-order valence-electron chi connectivity index (χ2n) is 18.9. The normalized spacial score (nSPS) is 12.4. The predicted octanol–water partition coefficient (Wildman–Crippen LogP) is 17.2. The third-order valence-corrected chi connectivity index (χ3v) is 13.4. The zero-order chi connectivity index (χ0) is 46.5. The number of nitrogens with zero attached hydrogens (tertiary/aromatic N) is 4. The molecule has 12 rings (SSSR count). The van der Waals surface area contributed by atoms with Crippen LogP contribution < -0.4 is 14.5 Å². The summed E-state index contributed by atoms with van der Waals surface area (Å²) in [4.78, 5) is 9.76. The van der Waals surface area contributed by atoms with E-state index in [4.69, 9.17) is 9.72 Å². The minimum atomic E-state index is -0.0377. The summed E-state index contributed by atoms with van der Waals surface area (Å²) < 4.78 is 9.50. The molecule has 11 aromatic rings. The Morgan fingerprint density at radius 3 is 1.64 bits per heavy atom. The van der Waals surface area contributed by atoms with E-state index in [1.54, 1.807) is 0 Å². The van der Waals surface area contributed by atoms with Crippen LogP contribution in [0.3, 0.4) is 0 Å². The van der Waals surface area contributed by atoms with Gasteiger partial charge in [0.05, 0.1) is 22.4 Å². The second-order valence-corrected chi connectivity index (χ2v) is 18.9. The summed E-state index contributed by atoms with van der Waals surface area (Å²) in [6.07, 6.45) is 1.93. The number of pyridine rings is 1. The number of rotatable bonds is 9. The molecule has 5 heteroatoms. The fourth-order valence-electron chi connectivity index (χ4n) is 10.1. The molecule has 0 aliphatic carbocycles. The topological polar surface area (TPSA) is 33.5 Å². The maximum Gasteiger partial charge on any atom is 0.137 e. The van der Waals surface area contributed by atoms with Crippen LogP contribution in [0.1, 0.15) is 26.3 Å². The molecule has 0 unspecified atom stereocenters. The van der Waals surface area contributed by atoms with Crippen molar-refractivity contribution < 1.29 is 4.74 Å². The molecule has 5 nitrogen and oxygen atoms in total. The smallest absolute Gasteiger partial charge is 0.137 e. The molecule has 69 heavy (non-hydrogen) atoms. The number of ether oxygens (including phenoxy) is 1. The molecular weight excluding hydrogens is 841 g/mol. The van der Waals surface area contributed by atoms with Gasteiger partial charge in [0.2, 0.25) is 0 Å². The molecule has 0 amide bonds. The van der Waals surface area contributed by atoms with Crippen molar-refractivity contribution in [3.05, 3.63) is 242 Å². The molecule has 9 aromatic carbocycles. The molecule has 2 aromatic heterocycles. The summed E-state index contributed by atoms with van der Waals surface area (Å²) in [5.74, 6) is 2.35. The van der Waals surface area contributed by atoms with E-state index in [0.29, 0.717) is 6.67 Å². The van der Waals surface area contributed by atoms with Gasteiger partial charge in [0.15, 0.2) is 0 Å². The minimum Gasteiger partial charge on any atom is -0.457 e. The number of hydrogen-bond donors (Lipinski definition) is 0. The first-order valence-electron chi connectivity index (χ1n) is 23.7. The Morgan fingerprint density at radius 1 is 0.420 bits per heavy atom. The van der Waals surface area contributed by atoms with E-state index in [1.165, 1.54) is 16.5 Å². The lowest BCUT2D eigenvalue weighted by Gasteiger charge is -2.25. The molecule has 0 saturated heterocycles. The molecule has 0 fully saturated rings. The van der Waals surface area contributed by atoms with E-state index in [0.717, 1.165) is 95.4 Å². The molecular formula is C64H50N4O. The standard InChI is InChI=1S/C64H50N4O/c1-64(2,3)49-34-35-65-62(40-49)68-58-29-17-16-28-54(58)55-33-32-52(42-61(55)68)69-53-37-48(36-51(41-53)67-43-66(50-26-14-7-15-27-50)59-30-18-19-31-60(59)67)63-56(45-22-10-5-11-23-45)38-47(44-20-8-4-9-21-44)39-57(63)46-24-12-6-13-25-46/h4-42H,43H2,1-3H3. The van der Waals surface area contributed by atoms with Crippen LogP contribution in [0, 0.1) is 0 Å². The van der Waals surface area contributed by atoms with Gasteiger partial charge < -0.3 is 14.5 Å². The number of aromatic nitrogens is 2. The molecule has 1 aliphatic heterocycles. The van der Waals surface area contributed by atoms with Crippen molar-refractivity contribution in [2.75, 3.05) is 16.5 Å². The number of benzene rings is 9. The van der Waals surface area contributed by atoms with E-state index in [1.807, 2.05) is 6.20 Å². The van der Waals surface area contributed by atoms with Crippen LogP contribution in [0.5, 0.6) is 11.5 Å². The van der Waals surface area contributed by atoms with E-state index >= 15 is 0 Å². The average Bonchev–Trinajstić information content (AvgIpc) is 3.95. The largest absolute Gasteiger partial charge is 0.457 e. The summed E-state index contributed by atoms with van der Waals surface area (Å²) in [5.41, 5.74) is 16.8. The Morgan fingerprint density at radius 2 is 0.986 bits per heavy atom. The quantitative estimate of drug-likeness (QED) is 0.145. The molecule has 0 N–H and O–H groups in total. The zero-order valence-electron chi connectivity index (χ0n) is 38.9. The van der Waals surface area contributed by atoms with Gasteiger partial charge in [0, 0.05) is 40.5 Å². The zero-order valence-corrected chi connectivity index (χ0v) is 38.9. The monoisotopic (exact) mass is 890 g/mol. The first kappa shape index (κ1) is 41.7. The molecule has 0 spiro atoms. The van der Waals surface area contributed by atoms with Crippen molar-refractivity contribution in [1.29, 1.82) is 0 Å². The summed E-state index contributed by atoms with van der Waals surface area (Å²) >= 11 is 0. The summed E-state index contributed by atoms with van der Waals surface area (Å²) in [5, 5.41) is 2.31. The summed E-state index contributed by atoms with van der Waals surface area (Å²) in [6, 6.07) is 82.5. The van der Waals surface area contributed by atoms with Gasteiger partial charge in [0.1, 0.15) is 24.0 Å². The SMILES string of the molecule is CC(C)(C)c1ccnc(-n2c3ccccc3c3ccc(Oc4cc(-c5c(-c6ccccc6)cc(-c6ccccc6)cc5-c5ccccc5)cc(N5CN(c6ccccc6)c6ccccc65)c4)cc32)c1. The van der Waals surface area contributed by atoms with Crippen molar-refractivity contribution in [3.63, 3.8) is 0 Å². The fourth-order valence-corrected chi connectivity index (χ4v) is 10.1. The van der Waals surface area contributed by atoms with Crippen LogP contribution in [-0.2, 0) is 5.41 Å². The van der Waals surface area contributed by atoms with Gasteiger partial charge in [-0.3, -0.25) is 4.57 Å². The van der Waals surface area contributed by atoms with E-state index in [9.17, 15) is 0 Å². The Bertz CT molecular complexity index is 3590. The predicted molar refractivity (Wildman–Crippen MR) is 288 cm³/mol. The van der Waals surface area contributed by atoms with Crippen LogP contribution in [-0.4, -0.2) is 16.2 Å². The van der Waals surface area contributed by atoms with Gasteiger partial charge in [-0.25, -0.2) is 4.98 Å². The van der Waals surface area contributed by atoms with Crippen molar-refractivity contribution in [2.24, 2.45) is 0 Å². The lowest BCUT2D eigenvalue weighted by Crippen LogP contribution is -2.23. The van der Waals surface area contributed by atoms with Gasteiger partial charge in [-0.1, -0.05) is 160 Å². The van der Waals surface area contributed by atoms with E-state index in [-0.39, 0.29) is 5.41 Å². The highest BCUT2D eigenvalue weighted by atomic mass is 16.5. The first-order chi connectivity index (χ1) is 33.8. The molecule has 0 atom stereocenters. The Kier molecular flexibility index (Phi) is 10.4. The molecule has 0 bridgehead atoms. The summed E-state index contributed by atoms with van der Waals surface area (Å²) in [6.45, 7) is 7.36. The maximum atomic E-state index is 7.22. The highest BCUT2D eigenvalue weighted by Gasteiger charge is 2.29. The van der Waals surface area contributed by atoms with Crippen LogP contribution in [0.15, 0.2) is 237 Å². The minimum absolute atomic E-state index is 0.0377. The van der Waals surface area contributed by atoms with Crippen molar-refractivity contribution in [1.82, 2.24) is 9.55 Å². The van der Waals surface area contributed by atoms with Crippen molar-refractivity contribution in [2.45, 2.75) is 26.2 Å². The van der Waals surface area contributed by atoms with Gasteiger partial charge in [-0.15, -0.1) is 0 Å². The lowest BCUT2D eigenvalue weighted by molar-refractivity contribution is 0.483. The second kappa shape index (κ2) is 17.2. The van der Waals surface area contributed by atoms with Crippen LogP contribution in [0.2, 0.25) is 0 Å². The van der Waals surface area contributed by atoms with Gasteiger partial charge >= 0.3 is 0 Å².